The van der Waals surface area contributed by atoms with Crippen molar-refractivity contribution in [3.8, 4) is 33.4 Å². The molecule has 0 bridgehead atoms. The van der Waals surface area contributed by atoms with E-state index < -0.39 is 5.41 Å². The number of hydrogen-bond acceptors (Lipinski definition) is 2. The first-order valence-electron chi connectivity index (χ1n) is 19.9. The van der Waals surface area contributed by atoms with Gasteiger partial charge >= 0.3 is 0 Å². The van der Waals surface area contributed by atoms with Gasteiger partial charge in [-0.2, -0.15) is 0 Å². The summed E-state index contributed by atoms with van der Waals surface area (Å²) in [5.41, 5.74) is 16.6. The van der Waals surface area contributed by atoms with Crippen LogP contribution in [0.2, 0.25) is 0 Å². The number of fused-ring (bicyclic) bond motifs is 6. The highest BCUT2D eigenvalue weighted by molar-refractivity contribution is 5.97. The van der Waals surface area contributed by atoms with Gasteiger partial charge in [-0.3, -0.25) is 0 Å². The molecule has 1 aromatic heterocycles. The van der Waals surface area contributed by atoms with Gasteiger partial charge in [-0.15, -0.1) is 0 Å². The number of furan rings is 1. The Bertz CT molecular complexity index is 2870. The molecule has 2 aliphatic rings. The lowest BCUT2D eigenvalue weighted by atomic mass is 9.67. The fourth-order valence-electron chi connectivity index (χ4n) is 9.63. The van der Waals surface area contributed by atoms with Crippen LogP contribution in [-0.2, 0) is 11.8 Å². The summed E-state index contributed by atoms with van der Waals surface area (Å²) in [6, 6.07) is 75.4. The molecule has 2 heteroatoms. The van der Waals surface area contributed by atoms with Crippen LogP contribution in [0.15, 0.2) is 217 Å². The summed E-state index contributed by atoms with van der Waals surface area (Å²) in [5.74, 6) is 0.965. The van der Waals surface area contributed by atoms with E-state index in [4.69, 9.17) is 4.42 Å². The third-order valence-electron chi connectivity index (χ3n) is 12.1. The van der Waals surface area contributed by atoms with Gasteiger partial charge in [-0.05, 0) is 98.1 Å². The van der Waals surface area contributed by atoms with E-state index in [1.807, 2.05) is 6.07 Å². The molecule has 0 aliphatic heterocycles. The molecule has 0 N–H and O–H groups in total. The maximum Gasteiger partial charge on any atom is 0.135 e. The molecule has 0 radical (unpaired) electrons. The minimum absolute atomic E-state index is 0.121. The van der Waals surface area contributed by atoms with Crippen molar-refractivity contribution in [3.63, 3.8) is 0 Å². The number of rotatable bonds is 7. The highest BCUT2D eigenvalue weighted by Gasteiger charge is 2.47. The predicted molar refractivity (Wildman–Crippen MR) is 236 cm³/mol. The van der Waals surface area contributed by atoms with E-state index in [-0.39, 0.29) is 6.04 Å². The van der Waals surface area contributed by atoms with Crippen LogP contribution in [0.1, 0.15) is 33.6 Å². The first kappa shape index (κ1) is 33.2. The average molecular weight is 730 g/mol. The highest BCUT2D eigenvalue weighted by atomic mass is 16.3. The number of benzene rings is 8. The van der Waals surface area contributed by atoms with Crippen LogP contribution in [0.4, 0.5) is 11.4 Å². The van der Waals surface area contributed by atoms with Crippen LogP contribution >= 0.6 is 0 Å². The Morgan fingerprint density at radius 2 is 1.09 bits per heavy atom. The molecular formula is C55H39NO. The minimum Gasteiger partial charge on any atom is -0.456 e. The van der Waals surface area contributed by atoms with Gasteiger partial charge in [0.2, 0.25) is 0 Å². The number of anilines is 2. The van der Waals surface area contributed by atoms with Crippen molar-refractivity contribution in [1.29, 1.82) is 0 Å². The zero-order valence-electron chi connectivity index (χ0n) is 31.4. The Labute approximate surface area is 333 Å². The topological polar surface area (TPSA) is 16.4 Å². The van der Waals surface area contributed by atoms with Crippen molar-refractivity contribution in [3.05, 3.63) is 246 Å². The van der Waals surface area contributed by atoms with Crippen LogP contribution in [0.5, 0.6) is 0 Å². The van der Waals surface area contributed by atoms with Gasteiger partial charge in [0, 0.05) is 28.7 Å². The molecular weight excluding hydrogens is 691 g/mol. The molecule has 270 valence electrons. The second-order valence-corrected chi connectivity index (χ2v) is 15.2. The van der Waals surface area contributed by atoms with Gasteiger partial charge in [0.25, 0.3) is 0 Å². The molecule has 57 heavy (non-hydrogen) atoms. The van der Waals surface area contributed by atoms with E-state index in [9.17, 15) is 0 Å². The summed E-state index contributed by atoms with van der Waals surface area (Å²) in [7, 11) is 0. The maximum absolute atomic E-state index is 6.25. The Hall–Kier alpha value is -7.16. The Morgan fingerprint density at radius 1 is 0.474 bits per heavy atom. The summed E-state index contributed by atoms with van der Waals surface area (Å²) in [4.78, 5) is 2.47. The van der Waals surface area contributed by atoms with E-state index in [1.54, 1.807) is 0 Å². The van der Waals surface area contributed by atoms with Gasteiger partial charge in [-0.1, -0.05) is 176 Å². The lowest BCUT2D eigenvalue weighted by Gasteiger charge is -2.34. The molecule has 1 unspecified atom stereocenters. The minimum atomic E-state index is -0.499. The molecule has 0 fully saturated rings. The largest absolute Gasteiger partial charge is 0.456 e. The van der Waals surface area contributed by atoms with Crippen molar-refractivity contribution >= 4 is 28.4 Å². The summed E-state index contributed by atoms with van der Waals surface area (Å²) in [6.45, 7) is 0. The van der Waals surface area contributed by atoms with E-state index in [0.29, 0.717) is 0 Å². The van der Waals surface area contributed by atoms with Gasteiger partial charge in [-0.25, -0.2) is 0 Å². The first-order valence-corrected chi connectivity index (χ1v) is 19.9. The van der Waals surface area contributed by atoms with Crippen LogP contribution in [0.3, 0.4) is 0 Å². The fourth-order valence-corrected chi connectivity index (χ4v) is 9.63. The standard InChI is InChI=1S/C55H39NO/c1-5-16-38(17-6-1)40-30-34-48-51(36-40)55(41-18-7-2-8-19-41,42-20-9-3-10-21-42)50-26-15-25-46(54(48)50)39-28-31-44(32-29-39)56(43-22-11-4-12-23-43)45-33-35-53-49(37-45)47-24-13-14-27-52(47)57-53/h1-36,45H,37H2. The molecule has 0 spiro atoms. The molecule has 0 amide bonds. The number of para-hydroxylation sites is 2. The predicted octanol–water partition coefficient (Wildman–Crippen LogP) is 13.9. The summed E-state index contributed by atoms with van der Waals surface area (Å²) < 4.78 is 6.25. The molecule has 2 nitrogen and oxygen atoms in total. The van der Waals surface area contributed by atoms with Crippen molar-refractivity contribution < 1.29 is 4.42 Å². The maximum atomic E-state index is 6.25. The molecule has 11 rings (SSSR count). The smallest absolute Gasteiger partial charge is 0.135 e. The quantitative estimate of drug-likeness (QED) is 0.162. The molecule has 0 saturated carbocycles. The van der Waals surface area contributed by atoms with Gasteiger partial charge in [0.05, 0.1) is 11.5 Å². The highest BCUT2D eigenvalue weighted by Crippen LogP contribution is 2.59. The van der Waals surface area contributed by atoms with Crippen LogP contribution in [-0.4, -0.2) is 6.04 Å². The van der Waals surface area contributed by atoms with Gasteiger partial charge in [0.15, 0.2) is 0 Å². The summed E-state index contributed by atoms with van der Waals surface area (Å²) >= 11 is 0. The lowest BCUT2D eigenvalue weighted by molar-refractivity contribution is 0.590. The van der Waals surface area contributed by atoms with Crippen molar-refractivity contribution in [2.45, 2.75) is 17.9 Å². The second kappa shape index (κ2) is 13.5. The molecule has 1 heterocycles. The average Bonchev–Trinajstić information content (AvgIpc) is 3.81. The van der Waals surface area contributed by atoms with Crippen LogP contribution in [0.25, 0.3) is 50.4 Å². The van der Waals surface area contributed by atoms with Crippen LogP contribution in [0, 0.1) is 0 Å². The summed E-state index contributed by atoms with van der Waals surface area (Å²) in [5, 5.41) is 1.20. The second-order valence-electron chi connectivity index (χ2n) is 15.2. The molecule has 1 atom stereocenters. The normalized spacial score (nSPS) is 14.8. The Balaban J connectivity index is 1.07. The molecule has 2 aliphatic carbocycles. The van der Waals surface area contributed by atoms with E-state index in [0.717, 1.165) is 29.1 Å². The first-order chi connectivity index (χ1) is 28.3. The lowest BCUT2D eigenvalue weighted by Crippen LogP contribution is -2.32. The Morgan fingerprint density at radius 3 is 1.81 bits per heavy atom. The fraction of sp³-hybridized carbons (Fsp3) is 0.0545. The van der Waals surface area contributed by atoms with Crippen LogP contribution < -0.4 is 4.90 Å². The molecule has 0 saturated heterocycles. The van der Waals surface area contributed by atoms with Crippen molar-refractivity contribution in [2.24, 2.45) is 0 Å². The van der Waals surface area contributed by atoms with Gasteiger partial charge in [0.1, 0.15) is 11.3 Å². The third-order valence-corrected chi connectivity index (χ3v) is 12.1. The monoisotopic (exact) mass is 729 g/mol. The zero-order chi connectivity index (χ0) is 37.8. The summed E-state index contributed by atoms with van der Waals surface area (Å²) in [6.07, 6.45) is 5.31. The van der Waals surface area contributed by atoms with E-state index in [1.165, 1.54) is 66.6 Å². The zero-order valence-corrected chi connectivity index (χ0v) is 31.4. The third kappa shape index (κ3) is 5.33. The van der Waals surface area contributed by atoms with Crippen molar-refractivity contribution in [1.82, 2.24) is 0 Å². The SMILES string of the molecule is C1=CC(N(c2ccccc2)c2ccc(-c3cccc4c3-c3ccc(-c5ccccc5)cc3C4(c3ccccc3)c3ccccc3)cc2)Cc2c1oc1ccccc21. The van der Waals surface area contributed by atoms with E-state index >= 15 is 0 Å². The number of nitrogens with zero attached hydrogens (tertiary/aromatic N) is 1. The molecule has 9 aromatic rings. The van der Waals surface area contributed by atoms with E-state index in [2.05, 4.69) is 217 Å². The Kier molecular flexibility index (Phi) is 7.89. The number of hydrogen-bond donors (Lipinski definition) is 0. The van der Waals surface area contributed by atoms with Gasteiger partial charge < -0.3 is 9.32 Å². The van der Waals surface area contributed by atoms with Crippen molar-refractivity contribution in [2.75, 3.05) is 4.90 Å². The molecule has 8 aromatic carbocycles.